The third-order valence-corrected chi connectivity index (χ3v) is 3.33. The van der Waals surface area contributed by atoms with E-state index < -0.39 is 16.4 Å². The minimum absolute atomic E-state index is 0.125. The fourth-order valence-corrected chi connectivity index (χ4v) is 2.34. The molecule has 0 aromatic heterocycles. The number of benzene rings is 1. The summed E-state index contributed by atoms with van der Waals surface area (Å²) >= 11 is 0. The first-order chi connectivity index (χ1) is 9.91. The summed E-state index contributed by atoms with van der Waals surface area (Å²) in [5, 5.41) is 23.8. The predicted molar refractivity (Wildman–Crippen MR) is 80.2 cm³/mol. The second-order valence-electron chi connectivity index (χ2n) is 5.21. The van der Waals surface area contributed by atoms with E-state index in [4.69, 9.17) is 0 Å². The highest BCUT2D eigenvalue weighted by molar-refractivity contribution is 5.94. The normalized spacial score (nSPS) is 11.2. The molecular formula is C15H22N2O4. The zero-order chi connectivity index (χ0) is 15.9. The molecule has 0 fully saturated rings. The molecule has 0 bridgehead atoms. The molecule has 21 heavy (non-hydrogen) atoms. The van der Waals surface area contributed by atoms with Crippen molar-refractivity contribution in [1.82, 2.24) is 5.32 Å². The number of hydrogen-bond donors (Lipinski definition) is 2. The molecule has 1 rings (SSSR count). The summed E-state index contributed by atoms with van der Waals surface area (Å²) in [6.07, 6.45) is 2.86. The zero-order valence-corrected chi connectivity index (χ0v) is 12.5. The van der Waals surface area contributed by atoms with Crippen LogP contribution in [-0.4, -0.2) is 28.1 Å². The lowest BCUT2D eigenvalue weighted by molar-refractivity contribution is -0.384. The first-order valence-corrected chi connectivity index (χ1v) is 7.17. The monoisotopic (exact) mass is 294 g/mol. The maximum atomic E-state index is 12.0. The summed E-state index contributed by atoms with van der Waals surface area (Å²) in [6.45, 7) is 4.10. The highest BCUT2D eigenvalue weighted by Crippen LogP contribution is 2.19. The van der Waals surface area contributed by atoms with Crippen molar-refractivity contribution in [2.75, 3.05) is 6.54 Å². The van der Waals surface area contributed by atoms with Gasteiger partial charge in [-0.2, -0.15) is 0 Å². The van der Waals surface area contributed by atoms with Gasteiger partial charge in [0, 0.05) is 24.2 Å². The number of aliphatic hydroxyl groups is 1. The average Bonchev–Trinajstić information content (AvgIpc) is 2.45. The Labute approximate surface area is 124 Å². The first kappa shape index (κ1) is 17.1. The number of carbonyl (C=O) groups excluding carboxylic acids is 1. The van der Waals surface area contributed by atoms with Crippen LogP contribution in [0.25, 0.3) is 0 Å². The van der Waals surface area contributed by atoms with E-state index in [9.17, 15) is 20.0 Å². The van der Waals surface area contributed by atoms with Crippen LogP contribution in [0.15, 0.2) is 24.3 Å². The van der Waals surface area contributed by atoms with Crippen molar-refractivity contribution in [2.24, 2.45) is 0 Å². The number of nitrogens with zero attached hydrogens (tertiary/aromatic N) is 1. The van der Waals surface area contributed by atoms with E-state index in [0.29, 0.717) is 12.8 Å². The van der Waals surface area contributed by atoms with Crippen LogP contribution in [-0.2, 0) is 0 Å². The van der Waals surface area contributed by atoms with Crippen molar-refractivity contribution < 1.29 is 14.8 Å². The molecule has 116 valence electrons. The lowest BCUT2D eigenvalue weighted by Crippen LogP contribution is -2.42. The van der Waals surface area contributed by atoms with Crippen LogP contribution in [0.1, 0.15) is 49.9 Å². The van der Waals surface area contributed by atoms with Gasteiger partial charge in [-0.15, -0.1) is 0 Å². The molecule has 0 aliphatic heterocycles. The molecule has 1 aromatic carbocycles. The summed E-state index contributed by atoms with van der Waals surface area (Å²) in [7, 11) is 0. The van der Waals surface area contributed by atoms with Gasteiger partial charge in [-0.1, -0.05) is 32.8 Å². The standard InChI is InChI=1S/C15H22N2O4/c1-3-8-15(19,9-4-2)11-16-14(18)12-6-5-7-13(10-12)17(20)21/h5-7,10,19H,3-4,8-9,11H2,1-2H3,(H,16,18). The van der Waals surface area contributed by atoms with Crippen molar-refractivity contribution in [1.29, 1.82) is 0 Å². The number of hydrogen-bond acceptors (Lipinski definition) is 4. The average molecular weight is 294 g/mol. The Bertz CT molecular complexity index is 496. The molecule has 1 amide bonds. The number of carbonyl (C=O) groups is 1. The molecular weight excluding hydrogens is 272 g/mol. The zero-order valence-electron chi connectivity index (χ0n) is 12.5. The molecule has 1 aromatic rings. The molecule has 0 unspecified atom stereocenters. The van der Waals surface area contributed by atoms with Gasteiger partial charge in [-0.3, -0.25) is 14.9 Å². The summed E-state index contributed by atoms with van der Waals surface area (Å²) < 4.78 is 0. The Hall–Kier alpha value is -1.95. The van der Waals surface area contributed by atoms with Gasteiger partial charge < -0.3 is 10.4 Å². The van der Waals surface area contributed by atoms with Gasteiger partial charge in [0.2, 0.25) is 0 Å². The van der Waals surface area contributed by atoms with E-state index in [1.165, 1.54) is 24.3 Å². The van der Waals surface area contributed by atoms with E-state index in [2.05, 4.69) is 5.32 Å². The van der Waals surface area contributed by atoms with Crippen molar-refractivity contribution in [2.45, 2.75) is 45.1 Å². The quantitative estimate of drug-likeness (QED) is 0.569. The summed E-state index contributed by atoms with van der Waals surface area (Å²) in [4.78, 5) is 22.2. The van der Waals surface area contributed by atoms with E-state index in [-0.39, 0.29) is 17.8 Å². The van der Waals surface area contributed by atoms with Gasteiger partial charge in [0.1, 0.15) is 0 Å². The van der Waals surface area contributed by atoms with E-state index in [1.807, 2.05) is 13.8 Å². The SMILES string of the molecule is CCCC(O)(CCC)CNC(=O)c1cccc([N+](=O)[O-])c1. The van der Waals surface area contributed by atoms with Gasteiger partial charge in [0.25, 0.3) is 11.6 Å². The van der Waals surface area contributed by atoms with Crippen LogP contribution in [0.3, 0.4) is 0 Å². The summed E-state index contributed by atoms with van der Waals surface area (Å²) in [5.41, 5.74) is -0.820. The molecule has 6 heteroatoms. The van der Waals surface area contributed by atoms with Crippen molar-refractivity contribution in [3.05, 3.63) is 39.9 Å². The van der Waals surface area contributed by atoms with Crippen molar-refractivity contribution in [3.8, 4) is 0 Å². The van der Waals surface area contributed by atoms with Crippen LogP contribution >= 0.6 is 0 Å². The maximum Gasteiger partial charge on any atom is 0.270 e. The Kier molecular flexibility index (Phi) is 6.30. The maximum absolute atomic E-state index is 12.0. The number of non-ortho nitro benzene ring substituents is 1. The van der Waals surface area contributed by atoms with E-state index >= 15 is 0 Å². The Morgan fingerprint density at radius 2 is 1.95 bits per heavy atom. The Balaban J connectivity index is 2.72. The van der Waals surface area contributed by atoms with Crippen LogP contribution in [0.2, 0.25) is 0 Å². The third kappa shape index (κ3) is 5.15. The molecule has 0 aliphatic rings. The third-order valence-electron chi connectivity index (χ3n) is 3.33. The highest BCUT2D eigenvalue weighted by atomic mass is 16.6. The number of rotatable bonds is 8. The van der Waals surface area contributed by atoms with Gasteiger partial charge in [-0.25, -0.2) is 0 Å². The Morgan fingerprint density at radius 3 is 2.48 bits per heavy atom. The molecule has 6 nitrogen and oxygen atoms in total. The highest BCUT2D eigenvalue weighted by Gasteiger charge is 2.25. The van der Waals surface area contributed by atoms with Gasteiger partial charge >= 0.3 is 0 Å². The largest absolute Gasteiger partial charge is 0.388 e. The van der Waals surface area contributed by atoms with E-state index in [1.54, 1.807) is 0 Å². The molecule has 2 N–H and O–H groups in total. The number of nitro groups is 1. The fourth-order valence-electron chi connectivity index (χ4n) is 2.34. The van der Waals surface area contributed by atoms with Gasteiger partial charge in [-0.05, 0) is 18.9 Å². The van der Waals surface area contributed by atoms with Gasteiger partial charge in [0.15, 0.2) is 0 Å². The Morgan fingerprint density at radius 1 is 1.33 bits per heavy atom. The molecule has 0 atom stereocenters. The second kappa shape index (κ2) is 7.73. The van der Waals surface area contributed by atoms with Crippen molar-refractivity contribution >= 4 is 11.6 Å². The molecule has 0 saturated carbocycles. The van der Waals surface area contributed by atoms with Gasteiger partial charge in [0.05, 0.1) is 10.5 Å². The number of amides is 1. The van der Waals surface area contributed by atoms with Crippen LogP contribution in [0, 0.1) is 10.1 Å². The molecule has 0 heterocycles. The smallest absolute Gasteiger partial charge is 0.270 e. The van der Waals surface area contributed by atoms with Crippen LogP contribution in [0.4, 0.5) is 5.69 Å². The predicted octanol–water partition coefficient (Wildman–Crippen LogP) is 2.66. The number of nitro benzene ring substituents is 1. The lowest BCUT2D eigenvalue weighted by atomic mass is 9.92. The fraction of sp³-hybridized carbons (Fsp3) is 0.533. The van der Waals surface area contributed by atoms with E-state index in [0.717, 1.165) is 12.8 Å². The lowest BCUT2D eigenvalue weighted by Gasteiger charge is -2.27. The molecule has 0 saturated heterocycles. The van der Waals surface area contributed by atoms with Crippen LogP contribution in [0.5, 0.6) is 0 Å². The summed E-state index contributed by atoms with van der Waals surface area (Å²) in [5.74, 6) is -0.413. The molecule has 0 aliphatic carbocycles. The van der Waals surface area contributed by atoms with Crippen LogP contribution < -0.4 is 5.32 Å². The molecule has 0 radical (unpaired) electrons. The number of nitrogens with one attached hydrogen (secondary N) is 1. The first-order valence-electron chi connectivity index (χ1n) is 7.17. The van der Waals surface area contributed by atoms with Crippen molar-refractivity contribution in [3.63, 3.8) is 0 Å². The summed E-state index contributed by atoms with van der Waals surface area (Å²) in [6, 6.07) is 5.55. The minimum atomic E-state index is -0.917. The minimum Gasteiger partial charge on any atom is -0.388 e. The topological polar surface area (TPSA) is 92.5 Å². The second-order valence-corrected chi connectivity index (χ2v) is 5.21. The molecule has 0 spiro atoms.